The van der Waals surface area contributed by atoms with Gasteiger partial charge in [0.2, 0.25) is 0 Å². The fourth-order valence-electron chi connectivity index (χ4n) is 1.28. The lowest BCUT2D eigenvalue weighted by atomic mass is 10.2. The van der Waals surface area contributed by atoms with Crippen molar-refractivity contribution in [2.24, 2.45) is 16.5 Å². The number of hydrogen-bond acceptors (Lipinski definition) is 2. The van der Waals surface area contributed by atoms with Gasteiger partial charge in [-0.25, -0.2) is 4.99 Å². The van der Waals surface area contributed by atoms with Gasteiger partial charge in [-0.1, -0.05) is 18.2 Å². The van der Waals surface area contributed by atoms with Crippen LogP contribution < -0.4 is 11.5 Å². The standard InChI is InChI=1S/C10H11N3O/c11-10(12)13-6-8-5-7-3-1-2-4-9(7)14-8/h1-5H,6H2,(H4,11,12,13). The number of nitrogens with two attached hydrogens (primary N) is 2. The number of nitrogens with zero attached hydrogens (tertiary/aromatic N) is 1. The van der Waals surface area contributed by atoms with Crippen molar-refractivity contribution >= 4 is 16.9 Å². The Morgan fingerprint density at radius 1 is 1.29 bits per heavy atom. The Kier molecular flexibility index (Phi) is 2.10. The lowest BCUT2D eigenvalue weighted by molar-refractivity contribution is 0.553. The molecule has 0 fully saturated rings. The third-order valence-corrected chi connectivity index (χ3v) is 1.89. The van der Waals surface area contributed by atoms with Crippen LogP contribution in [0.4, 0.5) is 0 Å². The maximum atomic E-state index is 5.50. The van der Waals surface area contributed by atoms with Crippen LogP contribution in [0.15, 0.2) is 39.7 Å². The number of benzene rings is 1. The van der Waals surface area contributed by atoms with Gasteiger partial charge in [0, 0.05) is 5.39 Å². The minimum absolute atomic E-state index is 0.0745. The van der Waals surface area contributed by atoms with Crippen LogP contribution in [0.5, 0.6) is 0 Å². The summed E-state index contributed by atoms with van der Waals surface area (Å²) in [5.41, 5.74) is 11.3. The van der Waals surface area contributed by atoms with Crippen molar-refractivity contribution in [1.29, 1.82) is 0 Å². The van der Waals surface area contributed by atoms with Gasteiger partial charge in [0.05, 0.1) is 0 Å². The summed E-state index contributed by atoms with van der Waals surface area (Å²) in [4.78, 5) is 3.87. The van der Waals surface area contributed by atoms with Crippen molar-refractivity contribution < 1.29 is 4.42 Å². The Hall–Kier alpha value is -1.97. The summed E-state index contributed by atoms with van der Waals surface area (Å²) in [6, 6.07) is 9.71. The number of furan rings is 1. The minimum atomic E-state index is 0.0745. The minimum Gasteiger partial charge on any atom is -0.459 e. The molecule has 0 spiro atoms. The van der Waals surface area contributed by atoms with Gasteiger partial charge in [-0.15, -0.1) is 0 Å². The van der Waals surface area contributed by atoms with E-state index in [1.165, 1.54) is 0 Å². The zero-order valence-electron chi connectivity index (χ0n) is 7.60. The Bertz CT molecular complexity index is 436. The average Bonchev–Trinajstić information content (AvgIpc) is 2.57. The van der Waals surface area contributed by atoms with E-state index in [-0.39, 0.29) is 5.96 Å². The molecule has 0 saturated heterocycles. The van der Waals surface area contributed by atoms with Crippen molar-refractivity contribution in [2.45, 2.75) is 6.54 Å². The van der Waals surface area contributed by atoms with Crippen molar-refractivity contribution in [3.05, 3.63) is 36.1 Å². The van der Waals surface area contributed by atoms with Crippen LogP contribution in [-0.2, 0) is 6.54 Å². The molecular formula is C10H11N3O. The van der Waals surface area contributed by atoms with Crippen LogP contribution in [0, 0.1) is 0 Å². The van der Waals surface area contributed by atoms with E-state index in [1.54, 1.807) is 0 Å². The van der Waals surface area contributed by atoms with Crippen molar-refractivity contribution in [3.63, 3.8) is 0 Å². The van der Waals surface area contributed by atoms with Crippen LogP contribution in [0.25, 0.3) is 11.0 Å². The largest absolute Gasteiger partial charge is 0.459 e. The van der Waals surface area contributed by atoms with Crippen LogP contribution in [0.2, 0.25) is 0 Å². The fraction of sp³-hybridized carbons (Fsp3) is 0.100. The van der Waals surface area contributed by atoms with Gasteiger partial charge in [-0.2, -0.15) is 0 Å². The van der Waals surface area contributed by atoms with Crippen LogP contribution >= 0.6 is 0 Å². The molecule has 0 bridgehead atoms. The highest BCUT2D eigenvalue weighted by Crippen LogP contribution is 2.18. The monoisotopic (exact) mass is 189 g/mol. The Labute approximate surface area is 81.2 Å². The number of hydrogen-bond donors (Lipinski definition) is 2. The first-order valence-electron chi connectivity index (χ1n) is 4.28. The molecule has 0 atom stereocenters. The molecule has 0 aliphatic carbocycles. The predicted molar refractivity (Wildman–Crippen MR) is 55.7 cm³/mol. The predicted octanol–water partition coefficient (Wildman–Crippen LogP) is 1.21. The molecule has 0 unspecified atom stereocenters. The van der Waals surface area contributed by atoms with E-state index in [9.17, 15) is 0 Å². The molecule has 4 nitrogen and oxygen atoms in total. The fourth-order valence-corrected chi connectivity index (χ4v) is 1.28. The molecule has 1 aromatic heterocycles. The number of guanidine groups is 1. The first-order valence-corrected chi connectivity index (χ1v) is 4.28. The van der Waals surface area contributed by atoms with Crippen molar-refractivity contribution in [2.75, 3.05) is 0 Å². The summed E-state index contributed by atoms with van der Waals surface area (Å²) >= 11 is 0. The van der Waals surface area contributed by atoms with Crippen LogP contribution in [0.1, 0.15) is 5.76 Å². The molecule has 14 heavy (non-hydrogen) atoms. The van der Waals surface area contributed by atoms with E-state index in [4.69, 9.17) is 15.9 Å². The van der Waals surface area contributed by atoms with E-state index < -0.39 is 0 Å². The third-order valence-electron chi connectivity index (χ3n) is 1.89. The molecule has 0 radical (unpaired) electrons. The van der Waals surface area contributed by atoms with Gasteiger partial charge in [0.15, 0.2) is 5.96 Å². The molecule has 4 N–H and O–H groups in total. The summed E-state index contributed by atoms with van der Waals surface area (Å²) in [6.45, 7) is 0.386. The molecule has 2 rings (SSSR count). The molecular weight excluding hydrogens is 178 g/mol. The van der Waals surface area contributed by atoms with E-state index >= 15 is 0 Å². The zero-order valence-corrected chi connectivity index (χ0v) is 7.60. The summed E-state index contributed by atoms with van der Waals surface area (Å²) in [5, 5.41) is 1.06. The molecule has 0 amide bonds. The second kappa shape index (κ2) is 3.41. The van der Waals surface area contributed by atoms with Gasteiger partial charge in [-0.3, -0.25) is 0 Å². The van der Waals surface area contributed by atoms with E-state index in [0.717, 1.165) is 16.7 Å². The Morgan fingerprint density at radius 2 is 2.07 bits per heavy atom. The number of para-hydroxylation sites is 1. The Morgan fingerprint density at radius 3 is 2.79 bits per heavy atom. The second-order valence-corrected chi connectivity index (χ2v) is 2.99. The second-order valence-electron chi connectivity index (χ2n) is 2.99. The van der Waals surface area contributed by atoms with Crippen LogP contribution in [-0.4, -0.2) is 5.96 Å². The molecule has 0 saturated carbocycles. The van der Waals surface area contributed by atoms with Crippen molar-refractivity contribution in [1.82, 2.24) is 0 Å². The van der Waals surface area contributed by atoms with E-state index in [0.29, 0.717) is 6.54 Å². The van der Waals surface area contributed by atoms with Crippen molar-refractivity contribution in [3.8, 4) is 0 Å². The molecule has 72 valence electrons. The zero-order chi connectivity index (χ0) is 9.97. The lowest BCUT2D eigenvalue weighted by Gasteiger charge is -1.89. The normalized spacial score (nSPS) is 10.3. The van der Waals surface area contributed by atoms with Gasteiger partial charge in [0.25, 0.3) is 0 Å². The molecule has 0 aliphatic rings. The van der Waals surface area contributed by atoms with Gasteiger partial charge < -0.3 is 15.9 Å². The average molecular weight is 189 g/mol. The van der Waals surface area contributed by atoms with E-state index in [1.807, 2.05) is 30.3 Å². The summed E-state index contributed by atoms with van der Waals surface area (Å²) < 4.78 is 5.50. The van der Waals surface area contributed by atoms with Gasteiger partial charge in [0.1, 0.15) is 17.9 Å². The molecule has 1 heterocycles. The maximum Gasteiger partial charge on any atom is 0.186 e. The summed E-state index contributed by atoms with van der Waals surface area (Å²) in [7, 11) is 0. The highest BCUT2D eigenvalue weighted by Gasteiger charge is 2.01. The first-order chi connectivity index (χ1) is 6.75. The number of rotatable bonds is 2. The SMILES string of the molecule is NC(N)=NCc1cc2ccccc2o1. The van der Waals surface area contributed by atoms with Gasteiger partial charge >= 0.3 is 0 Å². The quantitative estimate of drug-likeness (QED) is 0.550. The number of aliphatic imine (C=N–C) groups is 1. The third kappa shape index (κ3) is 1.69. The lowest BCUT2D eigenvalue weighted by Crippen LogP contribution is -2.22. The van der Waals surface area contributed by atoms with Crippen LogP contribution in [0.3, 0.4) is 0 Å². The molecule has 1 aromatic carbocycles. The molecule has 0 aliphatic heterocycles. The first kappa shape index (κ1) is 8.62. The Balaban J connectivity index is 2.31. The number of fused-ring (bicyclic) bond motifs is 1. The summed E-state index contributed by atoms with van der Waals surface area (Å²) in [6.07, 6.45) is 0. The highest BCUT2D eigenvalue weighted by molar-refractivity contribution is 5.78. The van der Waals surface area contributed by atoms with Gasteiger partial charge in [-0.05, 0) is 12.1 Å². The highest BCUT2D eigenvalue weighted by atomic mass is 16.3. The molecule has 2 aromatic rings. The topological polar surface area (TPSA) is 77.5 Å². The maximum absolute atomic E-state index is 5.50. The molecule has 4 heteroatoms. The van der Waals surface area contributed by atoms with E-state index in [2.05, 4.69) is 4.99 Å². The smallest absolute Gasteiger partial charge is 0.186 e. The summed E-state index contributed by atoms with van der Waals surface area (Å²) in [5.74, 6) is 0.838.